The van der Waals surface area contributed by atoms with Gasteiger partial charge in [0.2, 0.25) is 5.91 Å². The summed E-state index contributed by atoms with van der Waals surface area (Å²) >= 11 is 7.28. The number of benzene rings is 1. The minimum atomic E-state index is -0.649. The van der Waals surface area contributed by atoms with Crippen LogP contribution in [0.3, 0.4) is 0 Å². The first-order valence-electron chi connectivity index (χ1n) is 7.55. The molecule has 132 valence electrons. The van der Waals surface area contributed by atoms with Crippen molar-refractivity contribution in [3.8, 4) is 0 Å². The Morgan fingerprint density at radius 2 is 2.20 bits per heavy atom. The van der Waals surface area contributed by atoms with Crippen molar-refractivity contribution in [2.45, 2.75) is 5.37 Å². The molecule has 3 rings (SSSR count). The second kappa shape index (κ2) is 7.37. The number of halogens is 1. The van der Waals surface area contributed by atoms with E-state index in [1.165, 1.54) is 23.8 Å². The fourth-order valence-electron chi connectivity index (χ4n) is 2.60. The molecule has 1 aliphatic rings. The molecule has 2 heterocycles. The number of carbonyl (C=O) groups is 3. The molecule has 7 nitrogen and oxygen atoms in total. The van der Waals surface area contributed by atoms with Gasteiger partial charge in [0.15, 0.2) is 5.37 Å². The number of nitrogens with one attached hydrogen (secondary N) is 2. The maximum Gasteiger partial charge on any atom is 0.339 e. The van der Waals surface area contributed by atoms with Crippen LogP contribution in [0.5, 0.6) is 0 Å². The van der Waals surface area contributed by atoms with Gasteiger partial charge >= 0.3 is 5.97 Å². The smallest absolute Gasteiger partial charge is 0.339 e. The average molecular weight is 382 g/mol. The van der Waals surface area contributed by atoms with Gasteiger partial charge in [-0.3, -0.25) is 9.59 Å². The zero-order valence-electron chi connectivity index (χ0n) is 13.4. The molecule has 0 aliphatic carbocycles. The standard InChI is InChI=1S/C16H16ClN3O4S/c1-24-16(23)15-20(4-5-25-15)13(21)8-18-14(22)12-7-9-6-10(17)2-3-11(9)19-12/h2-3,6-7,15,19H,4-5,8H2,1H3,(H,18,22). The zero-order valence-corrected chi connectivity index (χ0v) is 14.9. The summed E-state index contributed by atoms with van der Waals surface area (Å²) in [6.07, 6.45) is 0. The van der Waals surface area contributed by atoms with Gasteiger partial charge in [-0.1, -0.05) is 11.6 Å². The Kier molecular flexibility index (Phi) is 5.19. The highest BCUT2D eigenvalue weighted by Gasteiger charge is 2.35. The molecule has 0 radical (unpaired) electrons. The van der Waals surface area contributed by atoms with Crippen LogP contribution < -0.4 is 5.32 Å². The van der Waals surface area contributed by atoms with Crippen molar-refractivity contribution in [2.24, 2.45) is 0 Å². The maximum absolute atomic E-state index is 12.3. The largest absolute Gasteiger partial charge is 0.467 e. The number of esters is 1. The van der Waals surface area contributed by atoms with Crippen LogP contribution in [-0.4, -0.2) is 59.0 Å². The molecule has 1 fully saturated rings. The highest BCUT2D eigenvalue weighted by molar-refractivity contribution is 8.00. The number of carbonyl (C=O) groups excluding carboxylic acids is 3. The molecule has 1 unspecified atom stereocenters. The first-order valence-corrected chi connectivity index (χ1v) is 8.97. The van der Waals surface area contributed by atoms with E-state index in [4.69, 9.17) is 16.3 Å². The van der Waals surface area contributed by atoms with Gasteiger partial charge in [0.05, 0.1) is 13.7 Å². The van der Waals surface area contributed by atoms with Crippen molar-refractivity contribution in [1.82, 2.24) is 15.2 Å². The van der Waals surface area contributed by atoms with E-state index in [0.717, 1.165) is 10.9 Å². The van der Waals surface area contributed by atoms with Gasteiger partial charge < -0.3 is 19.9 Å². The Balaban J connectivity index is 1.63. The molecule has 1 atom stereocenters. The van der Waals surface area contributed by atoms with Crippen LogP contribution in [0, 0.1) is 0 Å². The Bertz CT molecular complexity index is 838. The van der Waals surface area contributed by atoms with Gasteiger partial charge in [0.1, 0.15) is 5.69 Å². The van der Waals surface area contributed by atoms with Crippen LogP contribution in [0.4, 0.5) is 0 Å². The molecule has 1 aliphatic heterocycles. The van der Waals surface area contributed by atoms with Crippen LogP contribution in [0.15, 0.2) is 24.3 Å². The number of aromatic amines is 1. The van der Waals surface area contributed by atoms with Crippen molar-refractivity contribution in [3.05, 3.63) is 35.0 Å². The summed E-state index contributed by atoms with van der Waals surface area (Å²) in [5, 5.41) is 3.31. The quantitative estimate of drug-likeness (QED) is 0.785. The number of H-pyrrole nitrogens is 1. The lowest BCUT2D eigenvalue weighted by atomic mass is 10.2. The number of hydrogen-bond acceptors (Lipinski definition) is 5. The number of rotatable bonds is 4. The van der Waals surface area contributed by atoms with Gasteiger partial charge in [-0.25, -0.2) is 4.79 Å². The molecule has 1 saturated heterocycles. The summed E-state index contributed by atoms with van der Waals surface area (Å²) in [4.78, 5) is 40.6. The molecule has 1 aromatic heterocycles. The molecule has 25 heavy (non-hydrogen) atoms. The molecular weight excluding hydrogens is 366 g/mol. The molecule has 2 N–H and O–H groups in total. The number of ether oxygens (including phenoxy) is 1. The normalized spacial score (nSPS) is 16.9. The number of aromatic nitrogens is 1. The van der Waals surface area contributed by atoms with Gasteiger partial charge in [0, 0.05) is 28.2 Å². The number of nitrogens with zero attached hydrogens (tertiary/aromatic N) is 1. The number of thioether (sulfide) groups is 1. The third-order valence-electron chi connectivity index (χ3n) is 3.84. The van der Waals surface area contributed by atoms with Crippen LogP contribution in [-0.2, 0) is 14.3 Å². The highest BCUT2D eigenvalue weighted by Crippen LogP contribution is 2.24. The van der Waals surface area contributed by atoms with E-state index in [-0.39, 0.29) is 12.5 Å². The molecule has 0 saturated carbocycles. The lowest BCUT2D eigenvalue weighted by molar-refractivity contribution is -0.147. The maximum atomic E-state index is 12.3. The van der Waals surface area contributed by atoms with Gasteiger partial charge in [0.25, 0.3) is 5.91 Å². The first-order chi connectivity index (χ1) is 12.0. The van der Waals surface area contributed by atoms with Crippen molar-refractivity contribution in [2.75, 3.05) is 26.0 Å². The lowest BCUT2D eigenvalue weighted by Gasteiger charge is -2.21. The fraction of sp³-hybridized carbons (Fsp3) is 0.312. The summed E-state index contributed by atoms with van der Waals surface area (Å²) in [6, 6.07) is 6.92. The van der Waals surface area contributed by atoms with E-state index in [0.29, 0.717) is 23.0 Å². The van der Waals surface area contributed by atoms with Crippen molar-refractivity contribution in [3.63, 3.8) is 0 Å². The summed E-state index contributed by atoms with van der Waals surface area (Å²) < 4.78 is 4.70. The Morgan fingerprint density at radius 1 is 1.40 bits per heavy atom. The van der Waals surface area contributed by atoms with E-state index in [1.807, 2.05) is 0 Å². The predicted octanol–water partition coefficient (Wildman–Crippen LogP) is 1.63. The van der Waals surface area contributed by atoms with E-state index >= 15 is 0 Å². The summed E-state index contributed by atoms with van der Waals surface area (Å²) in [5.74, 6) is -0.535. The SMILES string of the molecule is COC(=O)C1SCCN1C(=O)CNC(=O)c1cc2cc(Cl)ccc2[nH]1. The average Bonchev–Trinajstić information content (AvgIpc) is 3.24. The van der Waals surface area contributed by atoms with Crippen LogP contribution in [0.25, 0.3) is 10.9 Å². The minimum absolute atomic E-state index is 0.191. The van der Waals surface area contributed by atoms with E-state index in [1.54, 1.807) is 24.3 Å². The van der Waals surface area contributed by atoms with E-state index in [9.17, 15) is 14.4 Å². The van der Waals surface area contributed by atoms with E-state index in [2.05, 4.69) is 10.3 Å². The number of methoxy groups -OCH3 is 1. The molecule has 2 amide bonds. The number of hydrogen-bond donors (Lipinski definition) is 2. The van der Waals surface area contributed by atoms with Crippen molar-refractivity contribution in [1.29, 1.82) is 0 Å². The topological polar surface area (TPSA) is 91.5 Å². The number of amides is 2. The summed E-state index contributed by atoms with van der Waals surface area (Å²) in [6.45, 7) is 0.257. The molecule has 1 aromatic carbocycles. The molecule has 0 bridgehead atoms. The van der Waals surface area contributed by atoms with E-state index < -0.39 is 17.3 Å². The minimum Gasteiger partial charge on any atom is -0.467 e. The van der Waals surface area contributed by atoms with Gasteiger partial charge in [-0.2, -0.15) is 0 Å². The third kappa shape index (κ3) is 3.74. The van der Waals surface area contributed by atoms with Crippen molar-refractivity contribution >= 4 is 52.0 Å². The van der Waals surface area contributed by atoms with Crippen LogP contribution in [0.2, 0.25) is 5.02 Å². The fourth-order valence-corrected chi connectivity index (χ4v) is 3.94. The Hall–Kier alpha value is -2.19. The van der Waals surface area contributed by atoms with Gasteiger partial charge in [-0.15, -0.1) is 11.8 Å². The van der Waals surface area contributed by atoms with Crippen LogP contribution in [0.1, 0.15) is 10.5 Å². The molecule has 0 spiro atoms. The summed E-state index contributed by atoms with van der Waals surface area (Å²) in [5.41, 5.74) is 1.12. The monoisotopic (exact) mass is 381 g/mol. The zero-order chi connectivity index (χ0) is 18.0. The third-order valence-corrected chi connectivity index (χ3v) is 5.26. The Morgan fingerprint density at radius 3 is 2.96 bits per heavy atom. The second-order valence-electron chi connectivity index (χ2n) is 5.43. The molecule has 9 heteroatoms. The highest BCUT2D eigenvalue weighted by atomic mass is 35.5. The summed E-state index contributed by atoms with van der Waals surface area (Å²) in [7, 11) is 1.29. The van der Waals surface area contributed by atoms with Crippen molar-refractivity contribution < 1.29 is 19.1 Å². The molecule has 2 aromatic rings. The van der Waals surface area contributed by atoms with Crippen LogP contribution >= 0.6 is 23.4 Å². The molecular formula is C16H16ClN3O4S. The second-order valence-corrected chi connectivity index (χ2v) is 7.06. The number of fused-ring (bicyclic) bond motifs is 1. The predicted molar refractivity (Wildman–Crippen MR) is 95.6 cm³/mol. The first kappa shape index (κ1) is 17.6. The lowest BCUT2D eigenvalue weighted by Crippen LogP contribution is -2.45. The Labute approximate surface area is 153 Å². The van der Waals surface area contributed by atoms with Gasteiger partial charge in [-0.05, 0) is 24.3 Å².